The van der Waals surface area contributed by atoms with Crippen LogP contribution in [0.2, 0.25) is 0 Å². The topological polar surface area (TPSA) is 75.6 Å². The standard InChI is InChI=1S/C16H17N3O3S/c1-22-16-17-8-14-13(18-16)10-19(6-7-23-14)9-11-2-4-12(5-3-11)15(20)21/h2-5,8H,6-7,9-10H2,1H3,(H,20,21). The molecule has 23 heavy (non-hydrogen) atoms. The van der Waals surface area contributed by atoms with Crippen LogP contribution < -0.4 is 4.74 Å². The number of hydrogen-bond acceptors (Lipinski definition) is 6. The van der Waals surface area contributed by atoms with E-state index in [0.29, 0.717) is 11.6 Å². The van der Waals surface area contributed by atoms with E-state index in [1.165, 1.54) is 0 Å². The molecule has 2 aromatic rings. The smallest absolute Gasteiger partial charge is 0.335 e. The summed E-state index contributed by atoms with van der Waals surface area (Å²) in [7, 11) is 1.56. The Morgan fingerprint density at radius 2 is 2.17 bits per heavy atom. The van der Waals surface area contributed by atoms with E-state index in [4.69, 9.17) is 9.84 Å². The zero-order chi connectivity index (χ0) is 16.2. The maximum atomic E-state index is 10.9. The number of carbonyl (C=O) groups is 1. The summed E-state index contributed by atoms with van der Waals surface area (Å²) in [5.74, 6) is 0.0658. The van der Waals surface area contributed by atoms with Gasteiger partial charge < -0.3 is 9.84 Å². The van der Waals surface area contributed by atoms with Crippen molar-refractivity contribution in [2.75, 3.05) is 19.4 Å². The zero-order valence-corrected chi connectivity index (χ0v) is 13.5. The number of aromatic carboxylic acids is 1. The van der Waals surface area contributed by atoms with E-state index in [2.05, 4.69) is 14.9 Å². The van der Waals surface area contributed by atoms with Crippen molar-refractivity contribution in [1.82, 2.24) is 14.9 Å². The molecule has 0 amide bonds. The molecule has 0 spiro atoms. The zero-order valence-electron chi connectivity index (χ0n) is 12.7. The van der Waals surface area contributed by atoms with E-state index in [1.54, 1.807) is 31.0 Å². The highest BCUT2D eigenvalue weighted by atomic mass is 32.2. The van der Waals surface area contributed by atoms with Crippen molar-refractivity contribution in [3.63, 3.8) is 0 Å². The highest BCUT2D eigenvalue weighted by molar-refractivity contribution is 7.99. The van der Waals surface area contributed by atoms with E-state index in [-0.39, 0.29) is 0 Å². The van der Waals surface area contributed by atoms with Gasteiger partial charge in [-0.3, -0.25) is 4.90 Å². The van der Waals surface area contributed by atoms with Gasteiger partial charge in [0.05, 0.1) is 18.4 Å². The van der Waals surface area contributed by atoms with Crippen LogP contribution in [0.3, 0.4) is 0 Å². The largest absolute Gasteiger partial charge is 0.478 e. The van der Waals surface area contributed by atoms with Crippen LogP contribution in [0.25, 0.3) is 0 Å². The van der Waals surface area contributed by atoms with Crippen molar-refractivity contribution < 1.29 is 14.6 Å². The number of aromatic nitrogens is 2. The van der Waals surface area contributed by atoms with Gasteiger partial charge in [0.25, 0.3) is 0 Å². The predicted octanol–water partition coefficient (Wildman–Crippen LogP) is 2.29. The molecule has 0 saturated heterocycles. The number of ether oxygens (including phenoxy) is 1. The minimum Gasteiger partial charge on any atom is -0.478 e. The van der Waals surface area contributed by atoms with E-state index in [1.807, 2.05) is 18.3 Å². The molecule has 3 rings (SSSR count). The van der Waals surface area contributed by atoms with E-state index in [9.17, 15) is 4.79 Å². The van der Waals surface area contributed by atoms with Gasteiger partial charge in [0.15, 0.2) is 0 Å². The number of fused-ring (bicyclic) bond motifs is 1. The Kier molecular flexibility index (Phi) is 4.78. The van der Waals surface area contributed by atoms with Crippen molar-refractivity contribution in [1.29, 1.82) is 0 Å². The van der Waals surface area contributed by atoms with Gasteiger partial charge in [0, 0.05) is 36.5 Å². The SMILES string of the molecule is COc1ncc2c(n1)CN(Cc1ccc(C(=O)O)cc1)CCS2. The molecule has 1 aliphatic heterocycles. The Bertz CT molecular complexity index is 706. The van der Waals surface area contributed by atoms with Gasteiger partial charge in [-0.25, -0.2) is 9.78 Å². The lowest BCUT2D eigenvalue weighted by molar-refractivity contribution is 0.0697. The number of carboxylic acid groups (broad SMARTS) is 1. The van der Waals surface area contributed by atoms with Crippen LogP contribution in [0.4, 0.5) is 0 Å². The molecule has 0 atom stereocenters. The molecular formula is C16H17N3O3S. The van der Waals surface area contributed by atoms with Crippen LogP contribution in [0.15, 0.2) is 35.4 Å². The first-order valence-corrected chi connectivity index (χ1v) is 8.21. The van der Waals surface area contributed by atoms with Crippen LogP contribution in [0.5, 0.6) is 6.01 Å². The number of nitrogens with zero attached hydrogens (tertiary/aromatic N) is 3. The van der Waals surface area contributed by atoms with Crippen LogP contribution in [-0.4, -0.2) is 45.4 Å². The summed E-state index contributed by atoms with van der Waals surface area (Å²) in [5.41, 5.74) is 2.37. The van der Waals surface area contributed by atoms with Crippen LogP contribution in [0.1, 0.15) is 21.6 Å². The van der Waals surface area contributed by atoms with E-state index < -0.39 is 5.97 Å². The van der Waals surface area contributed by atoms with Gasteiger partial charge in [0.1, 0.15) is 0 Å². The summed E-state index contributed by atoms with van der Waals surface area (Å²) in [6, 6.07) is 7.40. The van der Waals surface area contributed by atoms with Gasteiger partial charge in [0.2, 0.25) is 0 Å². The number of rotatable bonds is 4. The van der Waals surface area contributed by atoms with Gasteiger partial charge >= 0.3 is 12.0 Å². The summed E-state index contributed by atoms with van der Waals surface area (Å²) < 4.78 is 5.10. The second-order valence-electron chi connectivity index (χ2n) is 5.23. The molecule has 1 aromatic heterocycles. The lowest BCUT2D eigenvalue weighted by atomic mass is 10.1. The molecule has 0 bridgehead atoms. The minimum absolute atomic E-state index is 0.308. The third kappa shape index (κ3) is 3.80. The predicted molar refractivity (Wildman–Crippen MR) is 86.8 cm³/mol. The molecule has 0 radical (unpaired) electrons. The molecule has 0 fully saturated rings. The molecular weight excluding hydrogens is 314 g/mol. The number of thioether (sulfide) groups is 1. The van der Waals surface area contributed by atoms with E-state index >= 15 is 0 Å². The molecule has 2 heterocycles. The molecule has 0 unspecified atom stereocenters. The van der Waals surface area contributed by atoms with Gasteiger partial charge in [-0.1, -0.05) is 12.1 Å². The fraction of sp³-hybridized carbons (Fsp3) is 0.312. The lowest BCUT2D eigenvalue weighted by Crippen LogP contribution is -2.24. The Hall–Kier alpha value is -2.12. The van der Waals surface area contributed by atoms with Gasteiger partial charge in [-0.15, -0.1) is 11.8 Å². The van der Waals surface area contributed by atoms with Crippen molar-refractivity contribution in [2.45, 2.75) is 18.0 Å². The lowest BCUT2D eigenvalue weighted by Gasteiger charge is -2.19. The van der Waals surface area contributed by atoms with Crippen molar-refractivity contribution in [3.05, 3.63) is 47.3 Å². The Morgan fingerprint density at radius 1 is 1.39 bits per heavy atom. The van der Waals surface area contributed by atoms with Gasteiger partial charge in [-0.05, 0) is 17.7 Å². The maximum absolute atomic E-state index is 10.9. The summed E-state index contributed by atoms with van der Waals surface area (Å²) in [6.07, 6.45) is 1.82. The minimum atomic E-state index is -0.902. The average Bonchev–Trinajstić information content (AvgIpc) is 2.76. The average molecular weight is 331 g/mol. The molecule has 6 nitrogen and oxygen atoms in total. The third-order valence-electron chi connectivity index (χ3n) is 3.64. The molecule has 0 saturated carbocycles. The molecule has 120 valence electrons. The molecule has 7 heteroatoms. The maximum Gasteiger partial charge on any atom is 0.335 e. The van der Waals surface area contributed by atoms with Gasteiger partial charge in [-0.2, -0.15) is 4.98 Å². The summed E-state index contributed by atoms with van der Waals surface area (Å²) in [4.78, 5) is 22.9. The Balaban J connectivity index is 1.74. The number of hydrogen-bond donors (Lipinski definition) is 1. The number of carboxylic acids is 1. The van der Waals surface area contributed by atoms with Crippen molar-refractivity contribution >= 4 is 17.7 Å². The quantitative estimate of drug-likeness (QED) is 0.921. The Morgan fingerprint density at radius 3 is 2.87 bits per heavy atom. The van der Waals surface area contributed by atoms with Crippen LogP contribution >= 0.6 is 11.8 Å². The van der Waals surface area contributed by atoms with E-state index in [0.717, 1.165) is 41.5 Å². The molecule has 1 aromatic carbocycles. The second kappa shape index (κ2) is 6.97. The highest BCUT2D eigenvalue weighted by Crippen LogP contribution is 2.27. The summed E-state index contributed by atoms with van der Waals surface area (Å²) >= 11 is 1.75. The second-order valence-corrected chi connectivity index (χ2v) is 6.37. The third-order valence-corrected chi connectivity index (χ3v) is 4.67. The molecule has 1 N–H and O–H groups in total. The monoisotopic (exact) mass is 331 g/mol. The molecule has 1 aliphatic rings. The summed E-state index contributed by atoms with van der Waals surface area (Å²) in [5, 5.41) is 8.95. The Labute approximate surface area is 138 Å². The number of methoxy groups -OCH3 is 1. The van der Waals surface area contributed by atoms with Crippen LogP contribution in [-0.2, 0) is 13.1 Å². The fourth-order valence-corrected chi connectivity index (χ4v) is 3.41. The summed E-state index contributed by atoms with van der Waals surface area (Å²) in [6.45, 7) is 2.41. The van der Waals surface area contributed by atoms with Crippen molar-refractivity contribution in [3.8, 4) is 6.01 Å². The first kappa shape index (κ1) is 15.8. The number of benzene rings is 1. The first-order chi connectivity index (χ1) is 11.2. The van der Waals surface area contributed by atoms with Crippen LogP contribution in [0, 0.1) is 0 Å². The normalized spacial score (nSPS) is 14.8. The fourth-order valence-electron chi connectivity index (χ4n) is 2.44. The highest BCUT2D eigenvalue weighted by Gasteiger charge is 2.17. The van der Waals surface area contributed by atoms with Crippen molar-refractivity contribution in [2.24, 2.45) is 0 Å². The first-order valence-electron chi connectivity index (χ1n) is 7.23. The molecule has 0 aliphatic carbocycles.